The lowest BCUT2D eigenvalue weighted by Gasteiger charge is -2.32. The first kappa shape index (κ1) is 14.5. The molecule has 0 bridgehead atoms. The van der Waals surface area contributed by atoms with Crippen LogP contribution in [0.4, 0.5) is 0 Å². The maximum absolute atomic E-state index is 11.8. The number of hydrogen-bond donors (Lipinski definition) is 1. The normalized spacial score (nSPS) is 26.9. The van der Waals surface area contributed by atoms with E-state index in [0.717, 1.165) is 25.3 Å². The summed E-state index contributed by atoms with van der Waals surface area (Å²) in [6, 6.07) is -0.106. The van der Waals surface area contributed by atoms with Crippen LogP contribution in [0.25, 0.3) is 0 Å². The van der Waals surface area contributed by atoms with Gasteiger partial charge in [-0.15, -0.1) is 0 Å². The molecule has 1 rings (SSSR count). The molecule has 0 aromatic heterocycles. The Balaban J connectivity index is 2.57. The number of esters is 1. The molecule has 3 unspecified atom stereocenters. The number of nitrogens with one attached hydrogen (secondary N) is 1. The van der Waals surface area contributed by atoms with Gasteiger partial charge in [0.2, 0.25) is 0 Å². The van der Waals surface area contributed by atoms with Crippen LogP contribution in [0.15, 0.2) is 0 Å². The maximum Gasteiger partial charge on any atom is 0.323 e. The standard InChI is InChI=1S/C14H27NO2/c1-10(2)9-15-13(14(16)17-4)12-7-5-6-11(3)8-12/h10-13,15H,5-9H2,1-4H3. The van der Waals surface area contributed by atoms with Gasteiger partial charge in [-0.25, -0.2) is 0 Å². The van der Waals surface area contributed by atoms with Crippen molar-refractivity contribution in [3.8, 4) is 0 Å². The van der Waals surface area contributed by atoms with Crippen molar-refractivity contribution in [2.45, 2.75) is 52.5 Å². The topological polar surface area (TPSA) is 38.3 Å². The fourth-order valence-electron chi connectivity index (χ4n) is 2.72. The molecule has 1 aliphatic rings. The lowest BCUT2D eigenvalue weighted by molar-refractivity contribution is -0.145. The van der Waals surface area contributed by atoms with Gasteiger partial charge in [-0.05, 0) is 37.1 Å². The minimum atomic E-state index is -0.106. The van der Waals surface area contributed by atoms with E-state index >= 15 is 0 Å². The van der Waals surface area contributed by atoms with E-state index in [0.29, 0.717) is 11.8 Å². The molecule has 1 N–H and O–H groups in total. The minimum Gasteiger partial charge on any atom is -0.468 e. The summed E-state index contributed by atoms with van der Waals surface area (Å²) in [6.07, 6.45) is 4.83. The molecule has 3 nitrogen and oxygen atoms in total. The molecule has 0 aromatic carbocycles. The molecule has 0 amide bonds. The molecule has 17 heavy (non-hydrogen) atoms. The van der Waals surface area contributed by atoms with Crippen molar-refractivity contribution in [3.05, 3.63) is 0 Å². The molecule has 0 aliphatic heterocycles. The third-order valence-corrected chi connectivity index (χ3v) is 3.65. The van der Waals surface area contributed by atoms with E-state index in [1.807, 2.05) is 0 Å². The average molecular weight is 241 g/mol. The molecule has 1 saturated carbocycles. The smallest absolute Gasteiger partial charge is 0.323 e. The summed E-state index contributed by atoms with van der Waals surface area (Å²) in [7, 11) is 1.48. The molecule has 0 heterocycles. The summed E-state index contributed by atoms with van der Waals surface area (Å²) >= 11 is 0. The molecular weight excluding hydrogens is 214 g/mol. The summed E-state index contributed by atoms with van der Waals surface area (Å²) < 4.78 is 4.93. The van der Waals surface area contributed by atoms with Gasteiger partial charge in [-0.1, -0.05) is 33.6 Å². The van der Waals surface area contributed by atoms with Crippen LogP contribution in [0.2, 0.25) is 0 Å². The van der Waals surface area contributed by atoms with Crippen LogP contribution in [0.3, 0.4) is 0 Å². The van der Waals surface area contributed by atoms with Crippen LogP contribution in [-0.4, -0.2) is 25.7 Å². The van der Waals surface area contributed by atoms with Crippen molar-refractivity contribution in [1.29, 1.82) is 0 Å². The number of hydrogen-bond acceptors (Lipinski definition) is 3. The van der Waals surface area contributed by atoms with E-state index < -0.39 is 0 Å². The van der Waals surface area contributed by atoms with Crippen molar-refractivity contribution in [2.24, 2.45) is 17.8 Å². The van der Waals surface area contributed by atoms with Crippen LogP contribution in [0.1, 0.15) is 46.5 Å². The van der Waals surface area contributed by atoms with E-state index in [9.17, 15) is 4.79 Å². The minimum absolute atomic E-state index is 0.0928. The average Bonchev–Trinajstić information content (AvgIpc) is 2.28. The zero-order valence-corrected chi connectivity index (χ0v) is 11.7. The molecule has 1 aliphatic carbocycles. The van der Waals surface area contributed by atoms with Gasteiger partial charge in [0.15, 0.2) is 0 Å². The number of carbonyl (C=O) groups is 1. The molecular formula is C14H27NO2. The van der Waals surface area contributed by atoms with Crippen LogP contribution < -0.4 is 5.32 Å². The van der Waals surface area contributed by atoms with Crippen molar-refractivity contribution in [1.82, 2.24) is 5.32 Å². The molecule has 100 valence electrons. The van der Waals surface area contributed by atoms with E-state index in [1.165, 1.54) is 20.0 Å². The third kappa shape index (κ3) is 4.66. The highest BCUT2D eigenvalue weighted by molar-refractivity contribution is 5.76. The molecule has 3 atom stereocenters. The van der Waals surface area contributed by atoms with Crippen LogP contribution in [0.5, 0.6) is 0 Å². The van der Waals surface area contributed by atoms with E-state index in [-0.39, 0.29) is 12.0 Å². The number of methoxy groups -OCH3 is 1. The van der Waals surface area contributed by atoms with Gasteiger partial charge >= 0.3 is 5.97 Å². The van der Waals surface area contributed by atoms with Crippen molar-refractivity contribution >= 4 is 5.97 Å². The fourth-order valence-corrected chi connectivity index (χ4v) is 2.72. The maximum atomic E-state index is 11.8. The monoisotopic (exact) mass is 241 g/mol. The Morgan fingerprint density at radius 1 is 1.41 bits per heavy atom. The first-order valence-electron chi connectivity index (χ1n) is 6.85. The molecule has 3 heteroatoms. The van der Waals surface area contributed by atoms with Gasteiger partial charge < -0.3 is 10.1 Å². The predicted octanol–water partition coefficient (Wildman–Crippen LogP) is 2.60. The number of ether oxygens (including phenoxy) is 1. The lowest BCUT2D eigenvalue weighted by atomic mass is 9.78. The van der Waals surface area contributed by atoms with Gasteiger partial charge in [-0.3, -0.25) is 4.79 Å². The summed E-state index contributed by atoms with van der Waals surface area (Å²) in [5, 5.41) is 3.39. The Morgan fingerprint density at radius 3 is 2.65 bits per heavy atom. The molecule has 0 radical (unpaired) electrons. The molecule has 0 spiro atoms. The largest absolute Gasteiger partial charge is 0.468 e. The number of carbonyl (C=O) groups excluding carboxylic acids is 1. The Hall–Kier alpha value is -0.570. The van der Waals surface area contributed by atoms with Crippen molar-refractivity contribution in [3.63, 3.8) is 0 Å². The Bertz CT molecular complexity index is 240. The SMILES string of the molecule is COC(=O)C(NCC(C)C)C1CCCC(C)C1. The summed E-state index contributed by atoms with van der Waals surface area (Å²) in [5.74, 6) is 1.65. The van der Waals surface area contributed by atoms with Gasteiger partial charge in [0.05, 0.1) is 7.11 Å². The fraction of sp³-hybridized carbons (Fsp3) is 0.929. The van der Waals surface area contributed by atoms with E-state index in [4.69, 9.17) is 4.74 Å². The zero-order chi connectivity index (χ0) is 12.8. The van der Waals surface area contributed by atoms with Crippen molar-refractivity contribution in [2.75, 3.05) is 13.7 Å². The summed E-state index contributed by atoms with van der Waals surface area (Å²) in [5.41, 5.74) is 0. The molecule has 0 aromatic rings. The first-order chi connectivity index (χ1) is 8.04. The second-order valence-corrected chi connectivity index (χ2v) is 5.83. The summed E-state index contributed by atoms with van der Waals surface area (Å²) in [6.45, 7) is 7.48. The highest BCUT2D eigenvalue weighted by Gasteiger charge is 2.31. The van der Waals surface area contributed by atoms with Gasteiger partial charge in [0.25, 0.3) is 0 Å². The zero-order valence-electron chi connectivity index (χ0n) is 11.7. The Kier molecular flexibility index (Phi) is 5.96. The van der Waals surface area contributed by atoms with E-state index in [1.54, 1.807) is 0 Å². The summed E-state index contributed by atoms with van der Waals surface area (Å²) in [4.78, 5) is 11.8. The second kappa shape index (κ2) is 7.00. The third-order valence-electron chi connectivity index (χ3n) is 3.65. The van der Waals surface area contributed by atoms with Gasteiger partial charge in [0, 0.05) is 0 Å². The van der Waals surface area contributed by atoms with Gasteiger partial charge in [0.1, 0.15) is 6.04 Å². The van der Waals surface area contributed by atoms with Crippen LogP contribution >= 0.6 is 0 Å². The van der Waals surface area contributed by atoms with Gasteiger partial charge in [-0.2, -0.15) is 0 Å². The predicted molar refractivity (Wildman–Crippen MR) is 69.8 cm³/mol. The Labute approximate surface area is 105 Å². The van der Waals surface area contributed by atoms with Crippen molar-refractivity contribution < 1.29 is 9.53 Å². The van der Waals surface area contributed by atoms with Crippen LogP contribution in [-0.2, 0) is 9.53 Å². The second-order valence-electron chi connectivity index (χ2n) is 5.83. The Morgan fingerprint density at radius 2 is 2.12 bits per heavy atom. The first-order valence-corrected chi connectivity index (χ1v) is 6.85. The quantitative estimate of drug-likeness (QED) is 0.752. The highest BCUT2D eigenvalue weighted by Crippen LogP contribution is 2.31. The molecule has 1 fully saturated rings. The van der Waals surface area contributed by atoms with Crippen LogP contribution in [0, 0.1) is 17.8 Å². The number of rotatable bonds is 5. The van der Waals surface area contributed by atoms with E-state index in [2.05, 4.69) is 26.1 Å². The lowest BCUT2D eigenvalue weighted by Crippen LogP contribution is -2.46. The highest BCUT2D eigenvalue weighted by atomic mass is 16.5. The molecule has 0 saturated heterocycles.